The number of carbonyl (C=O) groups is 1. The summed E-state index contributed by atoms with van der Waals surface area (Å²) in [5.74, 6) is -0.0333. The highest BCUT2D eigenvalue weighted by Gasteiger charge is 2.36. The number of carbonyl (C=O) groups excluding carboxylic acids is 1. The van der Waals surface area contributed by atoms with Crippen molar-refractivity contribution < 1.29 is 23.4 Å². The zero-order valence-corrected chi connectivity index (χ0v) is 14.5. The number of nitrogens with one attached hydrogen (secondary N) is 1. The normalized spacial score (nSPS) is 16.0. The number of hydrogen-bond donors (Lipinski definition) is 2. The summed E-state index contributed by atoms with van der Waals surface area (Å²) >= 11 is 0. The van der Waals surface area contributed by atoms with Crippen LogP contribution in [0.25, 0.3) is 0 Å². The van der Waals surface area contributed by atoms with Gasteiger partial charge in [0.2, 0.25) is 5.91 Å². The van der Waals surface area contributed by atoms with Crippen LogP contribution in [0.5, 0.6) is 17.2 Å². The molecule has 0 unspecified atom stereocenters. The highest BCUT2D eigenvalue weighted by molar-refractivity contribution is 5.98. The number of ether oxygens (including phenoxy) is 3. The minimum atomic E-state index is -0.999. The van der Waals surface area contributed by atoms with Gasteiger partial charge in [0.15, 0.2) is 23.1 Å². The summed E-state index contributed by atoms with van der Waals surface area (Å²) in [6.07, 6.45) is 0.854. The quantitative estimate of drug-likeness (QED) is 0.856. The molecule has 1 fully saturated rings. The molecule has 1 amide bonds. The molecule has 0 spiro atoms. The Morgan fingerprint density at radius 1 is 1.15 bits per heavy atom. The molecule has 2 aromatic carbocycles. The van der Waals surface area contributed by atoms with Crippen LogP contribution in [-0.4, -0.2) is 31.8 Å². The van der Waals surface area contributed by atoms with E-state index in [-0.39, 0.29) is 11.7 Å². The first kappa shape index (κ1) is 18.2. The lowest BCUT2D eigenvalue weighted by Gasteiger charge is -2.31. The third kappa shape index (κ3) is 3.95. The molecule has 3 rings (SSSR count). The van der Waals surface area contributed by atoms with Crippen LogP contribution in [0.2, 0.25) is 0 Å². The predicted molar refractivity (Wildman–Crippen MR) is 95.1 cm³/mol. The highest BCUT2D eigenvalue weighted by Crippen LogP contribution is 2.33. The fraction of sp³-hybridized carbons (Fsp3) is 0.316. The summed E-state index contributed by atoms with van der Waals surface area (Å²) in [4.78, 5) is 12.4. The monoisotopic (exact) mass is 360 g/mol. The Labute approximate surface area is 151 Å². The minimum absolute atomic E-state index is 0.0287. The molecule has 0 atom stereocenters. The predicted octanol–water partition coefficient (Wildman–Crippen LogP) is 3.07. The molecule has 6 nitrogen and oxygen atoms in total. The van der Waals surface area contributed by atoms with Crippen LogP contribution >= 0.6 is 0 Å². The molecule has 3 N–H and O–H groups in total. The molecule has 1 aliphatic heterocycles. The molecule has 0 radical (unpaired) electrons. The van der Waals surface area contributed by atoms with Crippen LogP contribution in [0, 0.1) is 5.82 Å². The molecule has 1 saturated heterocycles. The zero-order valence-electron chi connectivity index (χ0n) is 14.5. The lowest BCUT2D eigenvalue weighted by Crippen LogP contribution is -2.54. The van der Waals surface area contributed by atoms with Gasteiger partial charge in [-0.2, -0.15) is 0 Å². The van der Waals surface area contributed by atoms with Gasteiger partial charge in [0.1, 0.15) is 5.54 Å². The van der Waals surface area contributed by atoms with E-state index >= 15 is 0 Å². The number of hydrogen-bond acceptors (Lipinski definition) is 5. The standard InChI is InChI=1S/C19H21FN2O4/c1-24-16-4-2-3-5-17(16)26-15-7-6-13(12-14(15)20)22-18(23)19(21)8-10-25-11-9-19/h2-7,12H,8-11,21H2,1H3,(H,22,23). The SMILES string of the molecule is COc1ccccc1Oc1ccc(NC(=O)C2(N)CCOCC2)cc1F. The van der Waals surface area contributed by atoms with Crippen LogP contribution < -0.4 is 20.5 Å². The van der Waals surface area contributed by atoms with Crippen LogP contribution in [0.3, 0.4) is 0 Å². The lowest BCUT2D eigenvalue weighted by atomic mass is 9.90. The Morgan fingerprint density at radius 2 is 1.85 bits per heavy atom. The number of methoxy groups -OCH3 is 1. The van der Waals surface area contributed by atoms with Crippen molar-refractivity contribution in [1.82, 2.24) is 0 Å². The number of amides is 1. The maximum Gasteiger partial charge on any atom is 0.244 e. The molecule has 2 aromatic rings. The van der Waals surface area contributed by atoms with Gasteiger partial charge in [-0.3, -0.25) is 4.79 Å². The maximum absolute atomic E-state index is 14.4. The topological polar surface area (TPSA) is 82.8 Å². The van der Waals surface area contributed by atoms with Crippen molar-refractivity contribution in [1.29, 1.82) is 0 Å². The fourth-order valence-electron chi connectivity index (χ4n) is 2.70. The van der Waals surface area contributed by atoms with Gasteiger partial charge in [-0.05, 0) is 37.1 Å². The molecule has 1 aliphatic rings. The molecule has 1 heterocycles. The highest BCUT2D eigenvalue weighted by atomic mass is 19.1. The van der Waals surface area contributed by atoms with Gasteiger partial charge in [-0.15, -0.1) is 0 Å². The molecule has 0 aromatic heterocycles. The lowest BCUT2D eigenvalue weighted by molar-refractivity contribution is -0.124. The van der Waals surface area contributed by atoms with Crippen molar-refractivity contribution in [3.8, 4) is 17.2 Å². The molecule has 26 heavy (non-hydrogen) atoms. The number of halogens is 1. The first-order chi connectivity index (χ1) is 12.5. The second-order valence-electron chi connectivity index (χ2n) is 6.12. The molecule has 0 bridgehead atoms. The summed E-state index contributed by atoms with van der Waals surface area (Å²) in [5.41, 5.74) is 5.45. The van der Waals surface area contributed by atoms with Crippen molar-refractivity contribution in [2.45, 2.75) is 18.4 Å². The number of para-hydroxylation sites is 2. The van der Waals surface area contributed by atoms with Crippen molar-refractivity contribution >= 4 is 11.6 Å². The number of anilines is 1. The van der Waals surface area contributed by atoms with Gasteiger partial charge >= 0.3 is 0 Å². The fourth-order valence-corrected chi connectivity index (χ4v) is 2.70. The third-order valence-electron chi connectivity index (χ3n) is 4.32. The third-order valence-corrected chi connectivity index (χ3v) is 4.32. The van der Waals surface area contributed by atoms with E-state index in [1.165, 1.54) is 19.2 Å². The Hall–Kier alpha value is -2.64. The summed E-state index contributed by atoms with van der Waals surface area (Å²) in [5, 5.41) is 2.67. The van der Waals surface area contributed by atoms with E-state index in [4.69, 9.17) is 19.9 Å². The van der Waals surface area contributed by atoms with E-state index in [0.29, 0.717) is 43.2 Å². The van der Waals surface area contributed by atoms with E-state index in [2.05, 4.69) is 5.32 Å². The van der Waals surface area contributed by atoms with Crippen molar-refractivity contribution in [2.75, 3.05) is 25.6 Å². The summed E-state index contributed by atoms with van der Waals surface area (Å²) in [6, 6.07) is 11.2. The van der Waals surface area contributed by atoms with E-state index < -0.39 is 11.4 Å². The number of rotatable bonds is 5. The molecular weight excluding hydrogens is 339 g/mol. The number of nitrogens with two attached hydrogens (primary N) is 1. The van der Waals surface area contributed by atoms with E-state index in [0.717, 1.165) is 0 Å². The summed E-state index contributed by atoms with van der Waals surface area (Å²) < 4.78 is 30.4. The van der Waals surface area contributed by atoms with Crippen LogP contribution in [-0.2, 0) is 9.53 Å². The Morgan fingerprint density at radius 3 is 2.50 bits per heavy atom. The van der Waals surface area contributed by atoms with E-state index in [1.807, 2.05) is 0 Å². The largest absolute Gasteiger partial charge is 0.493 e. The molecule has 138 valence electrons. The van der Waals surface area contributed by atoms with Crippen LogP contribution in [0.4, 0.5) is 10.1 Å². The van der Waals surface area contributed by atoms with Crippen molar-refractivity contribution in [2.24, 2.45) is 5.73 Å². The van der Waals surface area contributed by atoms with Crippen molar-refractivity contribution in [3.05, 3.63) is 48.3 Å². The summed E-state index contributed by atoms with van der Waals surface area (Å²) in [7, 11) is 1.51. The molecule has 7 heteroatoms. The van der Waals surface area contributed by atoms with Gasteiger partial charge in [-0.1, -0.05) is 12.1 Å². The second-order valence-corrected chi connectivity index (χ2v) is 6.12. The van der Waals surface area contributed by atoms with Crippen molar-refractivity contribution in [3.63, 3.8) is 0 Å². The smallest absolute Gasteiger partial charge is 0.244 e. The second kappa shape index (κ2) is 7.72. The Kier molecular flexibility index (Phi) is 5.39. The van der Waals surface area contributed by atoms with Gasteiger partial charge < -0.3 is 25.3 Å². The van der Waals surface area contributed by atoms with E-state index in [1.54, 1.807) is 30.3 Å². The van der Waals surface area contributed by atoms with Gasteiger partial charge in [0.25, 0.3) is 0 Å². The first-order valence-electron chi connectivity index (χ1n) is 8.30. The van der Waals surface area contributed by atoms with Gasteiger partial charge in [0, 0.05) is 25.0 Å². The maximum atomic E-state index is 14.4. The van der Waals surface area contributed by atoms with E-state index in [9.17, 15) is 9.18 Å². The number of benzene rings is 2. The first-order valence-corrected chi connectivity index (χ1v) is 8.30. The average molecular weight is 360 g/mol. The molecular formula is C19H21FN2O4. The van der Waals surface area contributed by atoms with Gasteiger partial charge in [0.05, 0.1) is 7.11 Å². The van der Waals surface area contributed by atoms with Gasteiger partial charge in [-0.25, -0.2) is 4.39 Å². The average Bonchev–Trinajstić information content (AvgIpc) is 2.65. The minimum Gasteiger partial charge on any atom is -0.493 e. The molecule has 0 saturated carbocycles. The molecule has 0 aliphatic carbocycles. The Bertz CT molecular complexity index is 791. The zero-order chi connectivity index (χ0) is 18.6. The Balaban J connectivity index is 1.72. The van der Waals surface area contributed by atoms with Crippen LogP contribution in [0.15, 0.2) is 42.5 Å². The van der Waals surface area contributed by atoms with Crippen LogP contribution in [0.1, 0.15) is 12.8 Å². The summed E-state index contributed by atoms with van der Waals surface area (Å²) in [6.45, 7) is 0.869.